The van der Waals surface area contributed by atoms with E-state index in [4.69, 9.17) is 9.47 Å². The second-order valence-electron chi connectivity index (χ2n) is 7.72. The summed E-state index contributed by atoms with van der Waals surface area (Å²) in [5, 5.41) is 15.0. The number of fused-ring (bicyclic) bond motifs is 1. The van der Waals surface area contributed by atoms with Crippen molar-refractivity contribution in [2.75, 3.05) is 25.1 Å². The van der Waals surface area contributed by atoms with E-state index in [2.05, 4.69) is 15.0 Å². The number of nitrogens with zero attached hydrogens (tertiary/aromatic N) is 4. The molecule has 1 aromatic carbocycles. The minimum absolute atomic E-state index is 0.258. The number of aromatic nitrogens is 3. The first kappa shape index (κ1) is 18.7. The molecule has 2 heterocycles. The highest BCUT2D eigenvalue weighted by atomic mass is 16.5. The second-order valence-corrected chi connectivity index (χ2v) is 7.72. The van der Waals surface area contributed by atoms with Gasteiger partial charge in [-0.15, -0.1) is 0 Å². The lowest BCUT2D eigenvalue weighted by molar-refractivity contribution is -0.0231. The lowest BCUT2D eigenvalue weighted by atomic mass is 9.78. The number of hydrogen-bond donors (Lipinski definition) is 1. The number of rotatable bonds is 4. The molecule has 4 atom stereocenters. The fourth-order valence-corrected chi connectivity index (χ4v) is 4.42. The third-order valence-corrected chi connectivity index (χ3v) is 5.78. The van der Waals surface area contributed by atoms with Crippen LogP contribution < -0.4 is 9.64 Å². The van der Waals surface area contributed by atoms with Gasteiger partial charge in [-0.1, -0.05) is 0 Å². The van der Waals surface area contributed by atoms with Gasteiger partial charge < -0.3 is 19.5 Å². The summed E-state index contributed by atoms with van der Waals surface area (Å²) in [5.41, 5.74) is 0.476. The van der Waals surface area contributed by atoms with Gasteiger partial charge in [-0.2, -0.15) is 10.1 Å². The van der Waals surface area contributed by atoms with E-state index in [9.17, 15) is 9.90 Å². The predicted octanol–water partition coefficient (Wildman–Crippen LogP) is 1.56. The number of carbonyl (C=O) groups excluding carboxylic acids is 1. The highest BCUT2D eigenvalue weighted by Gasteiger charge is 2.43. The van der Waals surface area contributed by atoms with Crippen LogP contribution in [-0.2, 0) is 11.8 Å². The first-order valence-corrected chi connectivity index (χ1v) is 9.60. The van der Waals surface area contributed by atoms with Crippen LogP contribution in [0.15, 0.2) is 24.3 Å². The summed E-state index contributed by atoms with van der Waals surface area (Å²) in [4.78, 5) is 18.3. The molecule has 0 radical (unpaired) electrons. The fraction of sp³-hybridized carbons (Fsp3) is 0.550. The minimum atomic E-state index is -0.511. The van der Waals surface area contributed by atoms with E-state index in [1.807, 2.05) is 18.7 Å². The molecule has 150 valence electrons. The molecule has 1 aromatic heterocycles. The second kappa shape index (κ2) is 7.43. The van der Waals surface area contributed by atoms with E-state index in [0.717, 1.165) is 31.3 Å². The van der Waals surface area contributed by atoms with Crippen LogP contribution in [0.5, 0.6) is 5.75 Å². The lowest BCUT2D eigenvalue weighted by Crippen LogP contribution is -2.42. The summed E-state index contributed by atoms with van der Waals surface area (Å²) in [6, 6.07) is 6.84. The molecule has 8 heteroatoms. The number of anilines is 1. The minimum Gasteiger partial charge on any atom is -0.488 e. The molecule has 1 saturated carbocycles. The van der Waals surface area contributed by atoms with Gasteiger partial charge in [0.2, 0.25) is 5.95 Å². The Morgan fingerprint density at radius 3 is 2.46 bits per heavy atom. The number of ether oxygens (including phenoxy) is 2. The molecule has 2 fully saturated rings. The molecule has 1 N–H and O–H groups in total. The summed E-state index contributed by atoms with van der Waals surface area (Å²) in [6.45, 7) is 3.67. The quantitative estimate of drug-likeness (QED) is 0.798. The molecule has 1 aliphatic carbocycles. The zero-order valence-electron chi connectivity index (χ0n) is 16.4. The molecule has 0 bridgehead atoms. The normalized spacial score (nSPS) is 26.8. The van der Waals surface area contributed by atoms with Crippen LogP contribution in [0, 0.1) is 18.8 Å². The van der Waals surface area contributed by atoms with E-state index in [0.29, 0.717) is 29.6 Å². The molecular weight excluding hydrogens is 360 g/mol. The molecule has 0 amide bonds. The van der Waals surface area contributed by atoms with E-state index in [1.54, 1.807) is 24.3 Å². The third-order valence-electron chi connectivity index (χ3n) is 5.78. The van der Waals surface area contributed by atoms with Gasteiger partial charge in [-0.05, 0) is 55.9 Å². The summed E-state index contributed by atoms with van der Waals surface area (Å²) in [5.74, 6) is 2.79. The molecule has 2 aliphatic rings. The largest absolute Gasteiger partial charge is 0.488 e. The lowest BCUT2D eigenvalue weighted by Gasteiger charge is -2.35. The van der Waals surface area contributed by atoms with Gasteiger partial charge in [0, 0.05) is 20.1 Å². The van der Waals surface area contributed by atoms with Gasteiger partial charge in [0.15, 0.2) is 0 Å². The molecule has 0 spiro atoms. The maximum absolute atomic E-state index is 11.5. The van der Waals surface area contributed by atoms with Gasteiger partial charge in [-0.25, -0.2) is 9.48 Å². The number of hydrogen-bond acceptors (Lipinski definition) is 7. The average Bonchev–Trinajstić information content (AvgIpc) is 3.23. The first-order chi connectivity index (χ1) is 13.4. The highest BCUT2D eigenvalue weighted by Crippen LogP contribution is 2.39. The maximum Gasteiger partial charge on any atom is 0.337 e. The zero-order valence-corrected chi connectivity index (χ0v) is 16.4. The molecule has 2 aromatic rings. The number of benzene rings is 1. The Hall–Kier alpha value is -2.61. The number of methoxy groups -OCH3 is 1. The van der Waals surface area contributed by atoms with E-state index in [1.165, 1.54) is 7.11 Å². The molecule has 8 nitrogen and oxygen atoms in total. The van der Waals surface area contributed by atoms with Crippen LogP contribution in [0.3, 0.4) is 0 Å². The van der Waals surface area contributed by atoms with Crippen LogP contribution in [0.4, 0.5) is 5.95 Å². The fourth-order valence-electron chi connectivity index (χ4n) is 4.42. The molecule has 0 unspecified atom stereocenters. The number of carbonyl (C=O) groups is 1. The predicted molar refractivity (Wildman–Crippen MR) is 102 cm³/mol. The van der Waals surface area contributed by atoms with Crippen molar-refractivity contribution < 1.29 is 19.4 Å². The van der Waals surface area contributed by atoms with Gasteiger partial charge in [0.25, 0.3) is 0 Å². The molecule has 4 rings (SSSR count). The molecular formula is C20H26N4O4. The summed E-state index contributed by atoms with van der Waals surface area (Å²) < 4.78 is 12.6. The zero-order chi connectivity index (χ0) is 19.8. The van der Waals surface area contributed by atoms with Crippen molar-refractivity contribution in [2.45, 2.75) is 32.0 Å². The maximum atomic E-state index is 11.5. The van der Waals surface area contributed by atoms with E-state index in [-0.39, 0.29) is 12.1 Å². The van der Waals surface area contributed by atoms with Crippen LogP contribution in [0.25, 0.3) is 0 Å². The monoisotopic (exact) mass is 386 g/mol. The van der Waals surface area contributed by atoms with Crippen molar-refractivity contribution in [3.63, 3.8) is 0 Å². The van der Waals surface area contributed by atoms with Crippen molar-refractivity contribution in [1.82, 2.24) is 14.8 Å². The highest BCUT2D eigenvalue weighted by molar-refractivity contribution is 5.89. The Kier molecular flexibility index (Phi) is 4.97. The summed E-state index contributed by atoms with van der Waals surface area (Å²) in [7, 11) is 3.27. The Balaban J connectivity index is 1.41. The van der Waals surface area contributed by atoms with Crippen molar-refractivity contribution >= 4 is 11.9 Å². The number of aliphatic hydroxyl groups excluding tert-OH is 1. The van der Waals surface area contributed by atoms with Crippen LogP contribution in [0.2, 0.25) is 0 Å². The number of aliphatic hydroxyl groups is 1. The summed E-state index contributed by atoms with van der Waals surface area (Å²) in [6.07, 6.45) is 0.731. The van der Waals surface area contributed by atoms with Gasteiger partial charge in [0.05, 0.1) is 18.8 Å². The Bertz CT molecular complexity index is 850. The van der Waals surface area contributed by atoms with Crippen molar-refractivity contribution in [1.29, 1.82) is 0 Å². The Morgan fingerprint density at radius 2 is 1.86 bits per heavy atom. The van der Waals surface area contributed by atoms with Crippen molar-refractivity contribution in [2.24, 2.45) is 18.9 Å². The standard InChI is InChI=1S/C20H26N4O4/c1-12-21-20(23(2)22-12)24-10-14-8-17(25)18(9-15(14)11-24)28-16-6-4-13(5-7-16)19(26)27-3/h4-7,14-15,17-18,25H,8-11H2,1-3H3/t14-,15+,17+,18+/m0/s1. The Morgan fingerprint density at radius 1 is 1.18 bits per heavy atom. The molecule has 28 heavy (non-hydrogen) atoms. The number of esters is 1. The third kappa shape index (κ3) is 3.56. The molecule has 1 aliphatic heterocycles. The first-order valence-electron chi connectivity index (χ1n) is 9.60. The van der Waals surface area contributed by atoms with Gasteiger partial charge in [-0.3, -0.25) is 0 Å². The van der Waals surface area contributed by atoms with Crippen LogP contribution in [-0.4, -0.2) is 58.2 Å². The van der Waals surface area contributed by atoms with Crippen LogP contribution in [0.1, 0.15) is 29.0 Å². The van der Waals surface area contributed by atoms with Gasteiger partial charge >= 0.3 is 5.97 Å². The Labute approximate surface area is 164 Å². The SMILES string of the molecule is COC(=O)c1ccc(O[C@@H]2C[C@@H]3CN(c4nc(C)nn4C)C[C@@H]3C[C@H]2O)cc1. The summed E-state index contributed by atoms with van der Waals surface area (Å²) >= 11 is 0. The van der Waals surface area contributed by atoms with Crippen molar-refractivity contribution in [3.8, 4) is 5.75 Å². The smallest absolute Gasteiger partial charge is 0.337 e. The van der Waals surface area contributed by atoms with E-state index >= 15 is 0 Å². The average molecular weight is 386 g/mol. The van der Waals surface area contributed by atoms with Crippen molar-refractivity contribution in [3.05, 3.63) is 35.7 Å². The van der Waals surface area contributed by atoms with Crippen LogP contribution >= 0.6 is 0 Å². The van der Waals surface area contributed by atoms with E-state index < -0.39 is 6.10 Å². The topological polar surface area (TPSA) is 89.7 Å². The van der Waals surface area contributed by atoms with Gasteiger partial charge in [0.1, 0.15) is 17.7 Å². The molecule has 1 saturated heterocycles. The number of aryl methyl sites for hydroxylation is 2.